The first-order valence-corrected chi connectivity index (χ1v) is 14.5. The van der Waals surface area contributed by atoms with Gasteiger partial charge in [0.1, 0.15) is 0 Å². The van der Waals surface area contributed by atoms with E-state index in [2.05, 4.69) is 21.0 Å². The van der Waals surface area contributed by atoms with E-state index in [1.54, 1.807) is 6.08 Å². The molecule has 2 fully saturated rings. The highest BCUT2D eigenvalue weighted by molar-refractivity contribution is 7.92. The Labute approximate surface area is 213 Å². The number of nitrogens with zero attached hydrogens (tertiary/aromatic N) is 2. The molecule has 0 radical (unpaired) electrons. The van der Waals surface area contributed by atoms with Gasteiger partial charge in [0.05, 0.1) is 5.54 Å². The van der Waals surface area contributed by atoms with Crippen molar-refractivity contribution in [2.24, 2.45) is 0 Å². The lowest BCUT2D eigenvalue weighted by Gasteiger charge is -2.52. The fourth-order valence-electron chi connectivity index (χ4n) is 6.50. The van der Waals surface area contributed by atoms with E-state index in [0.29, 0.717) is 13.1 Å². The van der Waals surface area contributed by atoms with Crippen molar-refractivity contribution in [3.63, 3.8) is 0 Å². The van der Waals surface area contributed by atoms with Gasteiger partial charge in [0.25, 0.3) is 10.0 Å². The Hall–Kier alpha value is -2.59. The maximum absolute atomic E-state index is 12.8. The molecule has 0 aromatic heterocycles. The van der Waals surface area contributed by atoms with Crippen molar-refractivity contribution in [3.05, 3.63) is 39.8 Å². The topological polar surface area (TPSA) is 119 Å². The summed E-state index contributed by atoms with van der Waals surface area (Å²) in [4.78, 5) is 28.0. The molecule has 9 nitrogen and oxygen atoms in total. The van der Waals surface area contributed by atoms with E-state index >= 15 is 0 Å². The predicted molar refractivity (Wildman–Crippen MR) is 138 cm³/mol. The van der Waals surface area contributed by atoms with Crippen molar-refractivity contribution in [2.75, 3.05) is 25.0 Å². The minimum Gasteiger partial charge on any atom is -0.465 e. The zero-order chi connectivity index (χ0) is 25.7. The lowest BCUT2D eigenvalue weighted by atomic mass is 9.84. The summed E-state index contributed by atoms with van der Waals surface area (Å²) in [6.07, 6.45) is 8.96. The average molecular weight is 517 g/mol. The molecule has 36 heavy (non-hydrogen) atoms. The third-order valence-electron chi connectivity index (χ3n) is 8.67. The van der Waals surface area contributed by atoms with Gasteiger partial charge >= 0.3 is 12.1 Å². The number of carbonyl (C=O) groups is 2. The van der Waals surface area contributed by atoms with Crippen LogP contribution in [-0.4, -0.2) is 66.2 Å². The van der Waals surface area contributed by atoms with Crippen LogP contribution in [0.1, 0.15) is 68.2 Å². The number of fused-ring (bicyclic) bond motifs is 2. The van der Waals surface area contributed by atoms with Gasteiger partial charge < -0.3 is 15.3 Å². The smallest absolute Gasteiger partial charge is 0.407 e. The SMILES string of the molecule is CC1(/C=C/S(=O)(=O)NC(=O)Nc2c3c(cc4c2CCC4)CCC3)CCN1CC1(C)CCCN1C(=O)O. The largest absolute Gasteiger partial charge is 0.465 e. The molecular formula is C26H36N4O5S. The van der Waals surface area contributed by atoms with Crippen LogP contribution in [0, 0.1) is 0 Å². The summed E-state index contributed by atoms with van der Waals surface area (Å²) in [7, 11) is -4.00. The Morgan fingerprint density at radius 3 is 2.28 bits per heavy atom. The first-order chi connectivity index (χ1) is 17.0. The highest BCUT2D eigenvalue weighted by Gasteiger charge is 2.47. The molecule has 196 valence electrons. The Morgan fingerprint density at radius 2 is 1.69 bits per heavy atom. The monoisotopic (exact) mass is 516 g/mol. The molecule has 2 atom stereocenters. The quantitative estimate of drug-likeness (QED) is 0.531. The molecule has 5 rings (SSSR count). The van der Waals surface area contributed by atoms with Crippen molar-refractivity contribution < 1.29 is 23.1 Å². The van der Waals surface area contributed by atoms with E-state index < -0.39 is 33.2 Å². The van der Waals surface area contributed by atoms with Crippen LogP contribution in [0.3, 0.4) is 0 Å². The average Bonchev–Trinajstić information content (AvgIpc) is 3.54. The zero-order valence-corrected chi connectivity index (χ0v) is 21.9. The summed E-state index contributed by atoms with van der Waals surface area (Å²) in [5, 5.41) is 13.5. The van der Waals surface area contributed by atoms with Crippen LogP contribution in [-0.2, 0) is 35.7 Å². The molecule has 4 aliphatic rings. The Balaban J connectivity index is 1.24. The maximum Gasteiger partial charge on any atom is 0.407 e. The first kappa shape index (κ1) is 25.1. The molecule has 2 unspecified atom stereocenters. The fraction of sp³-hybridized carbons (Fsp3) is 0.615. The molecule has 1 aromatic rings. The van der Waals surface area contributed by atoms with Gasteiger partial charge in [-0.3, -0.25) is 4.90 Å². The zero-order valence-electron chi connectivity index (χ0n) is 21.1. The summed E-state index contributed by atoms with van der Waals surface area (Å²) in [5.41, 5.74) is 4.63. The Bertz CT molecular complexity index is 1200. The van der Waals surface area contributed by atoms with Gasteiger partial charge in [0, 0.05) is 36.3 Å². The summed E-state index contributed by atoms with van der Waals surface area (Å²) in [5.74, 6) is 0. The van der Waals surface area contributed by atoms with Crippen LogP contribution in [0.4, 0.5) is 15.3 Å². The number of hydrogen-bond acceptors (Lipinski definition) is 5. The summed E-state index contributed by atoms with van der Waals surface area (Å²) in [6, 6.07) is 1.53. The van der Waals surface area contributed by atoms with Crippen molar-refractivity contribution in [1.82, 2.24) is 14.5 Å². The molecular weight excluding hydrogens is 480 g/mol. The number of benzene rings is 1. The molecule has 3 amide bonds. The van der Waals surface area contributed by atoms with Crippen LogP contribution >= 0.6 is 0 Å². The highest BCUT2D eigenvalue weighted by atomic mass is 32.2. The number of amides is 3. The molecule has 3 N–H and O–H groups in total. The number of nitrogens with one attached hydrogen (secondary N) is 2. The van der Waals surface area contributed by atoms with Gasteiger partial charge in [-0.2, -0.15) is 0 Å². The van der Waals surface area contributed by atoms with E-state index in [1.807, 2.05) is 13.8 Å². The second-order valence-corrected chi connectivity index (χ2v) is 12.8. The molecule has 2 heterocycles. The van der Waals surface area contributed by atoms with Gasteiger partial charge in [-0.1, -0.05) is 12.1 Å². The number of carboxylic acid groups (broad SMARTS) is 1. The number of carbonyl (C=O) groups excluding carboxylic acids is 1. The van der Waals surface area contributed by atoms with Gasteiger partial charge in [-0.15, -0.1) is 0 Å². The second-order valence-electron chi connectivity index (χ2n) is 11.2. The van der Waals surface area contributed by atoms with Crippen LogP contribution in [0.15, 0.2) is 17.6 Å². The molecule has 10 heteroatoms. The van der Waals surface area contributed by atoms with E-state index in [0.717, 1.165) is 86.6 Å². The maximum atomic E-state index is 12.8. The highest BCUT2D eigenvalue weighted by Crippen LogP contribution is 2.39. The lowest BCUT2D eigenvalue weighted by molar-refractivity contribution is -0.00698. The number of likely N-dealkylation sites (tertiary alicyclic amines) is 2. The van der Waals surface area contributed by atoms with Gasteiger partial charge in [0.15, 0.2) is 0 Å². The van der Waals surface area contributed by atoms with E-state index in [9.17, 15) is 23.1 Å². The van der Waals surface area contributed by atoms with Crippen molar-refractivity contribution in [2.45, 2.75) is 82.7 Å². The first-order valence-electron chi connectivity index (χ1n) is 12.9. The van der Waals surface area contributed by atoms with E-state index in [4.69, 9.17) is 0 Å². The van der Waals surface area contributed by atoms with E-state index in [-0.39, 0.29) is 0 Å². The van der Waals surface area contributed by atoms with Crippen LogP contribution in [0.5, 0.6) is 0 Å². The third-order valence-corrected chi connectivity index (χ3v) is 9.64. The normalized spacial score (nSPS) is 27.7. The van der Waals surface area contributed by atoms with Crippen LogP contribution in [0.2, 0.25) is 0 Å². The second kappa shape index (κ2) is 9.06. The molecule has 2 aliphatic carbocycles. The Morgan fingerprint density at radius 1 is 1.03 bits per heavy atom. The van der Waals surface area contributed by atoms with Crippen molar-refractivity contribution in [1.29, 1.82) is 0 Å². The lowest BCUT2D eigenvalue weighted by Crippen LogP contribution is -2.63. The molecule has 0 saturated carbocycles. The Kier molecular flexibility index (Phi) is 6.31. The number of rotatable bonds is 6. The standard InChI is InChI=1S/C26H36N4O5S/c1-25(11-14-29(25)17-26(2)10-5-13-30(26)24(32)33)12-15-36(34,35)28-23(31)27-22-20-8-3-6-18(20)16-19-7-4-9-21(19)22/h12,15-16H,3-11,13-14,17H2,1-2H3,(H,32,33)(H2,27,28,31)/b15-12+. The number of urea groups is 1. The fourth-order valence-corrected chi connectivity index (χ4v) is 7.35. The minimum absolute atomic E-state index is 0.492. The number of aryl methyl sites for hydroxylation is 2. The minimum atomic E-state index is -4.00. The molecule has 2 saturated heterocycles. The molecule has 0 spiro atoms. The number of sulfonamides is 1. The summed E-state index contributed by atoms with van der Waals surface area (Å²) in [6.45, 7) is 5.73. The summed E-state index contributed by atoms with van der Waals surface area (Å²) < 4.78 is 27.7. The molecule has 1 aromatic carbocycles. The van der Waals surface area contributed by atoms with Crippen LogP contribution < -0.4 is 10.0 Å². The molecule has 0 bridgehead atoms. The van der Waals surface area contributed by atoms with Crippen molar-refractivity contribution >= 4 is 27.8 Å². The molecule has 2 aliphatic heterocycles. The van der Waals surface area contributed by atoms with Crippen LogP contribution in [0.25, 0.3) is 0 Å². The summed E-state index contributed by atoms with van der Waals surface area (Å²) >= 11 is 0. The van der Waals surface area contributed by atoms with Gasteiger partial charge in [-0.25, -0.2) is 22.7 Å². The number of hydrogen-bond donors (Lipinski definition) is 3. The van der Waals surface area contributed by atoms with Gasteiger partial charge in [0.2, 0.25) is 0 Å². The van der Waals surface area contributed by atoms with Gasteiger partial charge in [-0.05, 0) is 93.9 Å². The number of anilines is 1. The van der Waals surface area contributed by atoms with E-state index in [1.165, 1.54) is 16.0 Å². The predicted octanol–water partition coefficient (Wildman–Crippen LogP) is 3.63. The third kappa shape index (κ3) is 4.61. The van der Waals surface area contributed by atoms with Crippen molar-refractivity contribution in [3.8, 4) is 0 Å².